The van der Waals surface area contributed by atoms with Gasteiger partial charge in [-0.05, 0) is 12.1 Å². The van der Waals surface area contributed by atoms with Crippen LogP contribution in [0, 0.1) is 6.92 Å². The minimum Gasteiger partial charge on any atom is -0.366 e. The first-order chi connectivity index (χ1) is 11.7. The molecule has 1 saturated heterocycles. The van der Waals surface area contributed by atoms with Crippen molar-refractivity contribution in [3.63, 3.8) is 0 Å². The lowest BCUT2D eigenvalue weighted by molar-refractivity contribution is -0.0278. The number of morpholine rings is 1. The van der Waals surface area contributed by atoms with Crippen LogP contribution in [0.2, 0.25) is 0 Å². The number of carbonyl (C=O) groups excluding carboxylic acids is 1. The summed E-state index contributed by atoms with van der Waals surface area (Å²) >= 11 is 0. The van der Waals surface area contributed by atoms with Gasteiger partial charge in [0.25, 0.3) is 5.91 Å². The number of aromatic nitrogens is 4. The Morgan fingerprint density at radius 1 is 1.25 bits per heavy atom. The van der Waals surface area contributed by atoms with Crippen molar-refractivity contribution < 1.29 is 14.1 Å². The predicted octanol–water partition coefficient (Wildman–Crippen LogP) is 1.53. The Morgan fingerprint density at radius 2 is 2.08 bits per heavy atom. The molecule has 4 rings (SSSR count). The topological polar surface area (TPSA) is 94.2 Å². The summed E-state index contributed by atoms with van der Waals surface area (Å²) in [5.74, 6) is 0.744. The number of ether oxygens (including phenoxy) is 1. The second kappa shape index (κ2) is 5.97. The van der Waals surface area contributed by atoms with Crippen molar-refractivity contribution in [2.24, 2.45) is 0 Å². The molecule has 3 aromatic rings. The van der Waals surface area contributed by atoms with Crippen molar-refractivity contribution >= 4 is 16.9 Å². The molecule has 2 aromatic heterocycles. The number of para-hydroxylation sites is 2. The van der Waals surface area contributed by atoms with Crippen molar-refractivity contribution in [3.8, 4) is 0 Å². The van der Waals surface area contributed by atoms with Crippen LogP contribution in [0.1, 0.15) is 28.3 Å². The van der Waals surface area contributed by atoms with E-state index in [2.05, 4.69) is 20.1 Å². The molecule has 1 fully saturated rings. The molecule has 0 spiro atoms. The summed E-state index contributed by atoms with van der Waals surface area (Å²) in [6.07, 6.45) is 1.11. The number of nitrogens with zero attached hydrogens (tertiary/aromatic N) is 5. The third-order valence-corrected chi connectivity index (χ3v) is 3.85. The molecule has 0 saturated carbocycles. The Morgan fingerprint density at radius 3 is 2.88 bits per heavy atom. The first-order valence-corrected chi connectivity index (χ1v) is 7.63. The fraction of sp³-hybridized carbons (Fsp3) is 0.312. The van der Waals surface area contributed by atoms with E-state index >= 15 is 0 Å². The van der Waals surface area contributed by atoms with Crippen molar-refractivity contribution in [3.05, 3.63) is 47.9 Å². The molecule has 1 unspecified atom stereocenters. The highest BCUT2D eigenvalue weighted by atomic mass is 16.5. The van der Waals surface area contributed by atoms with Crippen molar-refractivity contribution in [2.75, 3.05) is 19.7 Å². The van der Waals surface area contributed by atoms with Gasteiger partial charge >= 0.3 is 0 Å². The van der Waals surface area contributed by atoms with Gasteiger partial charge < -0.3 is 14.2 Å². The maximum Gasteiger partial charge on any atom is 0.274 e. The average Bonchev–Trinajstić information content (AvgIpc) is 3.07. The summed E-state index contributed by atoms with van der Waals surface area (Å²) in [5, 5.41) is 3.87. The van der Waals surface area contributed by atoms with Gasteiger partial charge in [0.15, 0.2) is 0 Å². The zero-order valence-corrected chi connectivity index (χ0v) is 13.0. The van der Waals surface area contributed by atoms with Crippen LogP contribution in [0.3, 0.4) is 0 Å². The van der Waals surface area contributed by atoms with Crippen molar-refractivity contribution in [1.82, 2.24) is 25.0 Å². The smallest absolute Gasteiger partial charge is 0.274 e. The molecule has 1 aliphatic heterocycles. The van der Waals surface area contributed by atoms with Gasteiger partial charge in [-0.3, -0.25) is 9.78 Å². The van der Waals surface area contributed by atoms with E-state index in [-0.39, 0.29) is 5.91 Å². The van der Waals surface area contributed by atoms with Crippen LogP contribution in [-0.2, 0) is 4.74 Å². The maximum atomic E-state index is 12.7. The molecule has 0 radical (unpaired) electrons. The highest BCUT2D eigenvalue weighted by Gasteiger charge is 2.29. The summed E-state index contributed by atoms with van der Waals surface area (Å²) in [6, 6.07) is 7.45. The normalized spacial score (nSPS) is 18.0. The van der Waals surface area contributed by atoms with E-state index < -0.39 is 6.10 Å². The number of rotatable bonds is 2. The summed E-state index contributed by atoms with van der Waals surface area (Å²) < 4.78 is 10.6. The molecule has 1 amide bonds. The summed E-state index contributed by atoms with van der Waals surface area (Å²) in [7, 11) is 0. The quantitative estimate of drug-likeness (QED) is 0.705. The van der Waals surface area contributed by atoms with Crippen LogP contribution >= 0.6 is 0 Å². The Kier molecular flexibility index (Phi) is 3.66. The number of hydrogen-bond donors (Lipinski definition) is 0. The van der Waals surface area contributed by atoms with Gasteiger partial charge in [0.2, 0.25) is 11.7 Å². The molecule has 1 aromatic carbocycles. The molecule has 0 aliphatic carbocycles. The lowest BCUT2D eigenvalue weighted by Crippen LogP contribution is -2.42. The van der Waals surface area contributed by atoms with Crippen LogP contribution in [0.5, 0.6) is 0 Å². The third kappa shape index (κ3) is 2.71. The van der Waals surface area contributed by atoms with E-state index in [9.17, 15) is 4.79 Å². The van der Waals surface area contributed by atoms with E-state index in [0.29, 0.717) is 42.6 Å². The minimum absolute atomic E-state index is 0.179. The predicted molar refractivity (Wildman–Crippen MR) is 83.2 cm³/mol. The van der Waals surface area contributed by atoms with E-state index in [1.807, 2.05) is 24.3 Å². The Labute approximate surface area is 137 Å². The van der Waals surface area contributed by atoms with Gasteiger partial charge in [-0.25, -0.2) is 4.98 Å². The molecule has 3 heterocycles. The fourth-order valence-corrected chi connectivity index (χ4v) is 2.66. The van der Waals surface area contributed by atoms with Crippen LogP contribution in [0.25, 0.3) is 11.0 Å². The molecule has 0 bridgehead atoms. The third-order valence-electron chi connectivity index (χ3n) is 3.85. The van der Waals surface area contributed by atoms with E-state index in [1.165, 1.54) is 6.20 Å². The lowest BCUT2D eigenvalue weighted by Gasteiger charge is -2.31. The highest BCUT2D eigenvalue weighted by molar-refractivity contribution is 5.93. The van der Waals surface area contributed by atoms with Crippen molar-refractivity contribution in [1.29, 1.82) is 0 Å². The number of amides is 1. The van der Waals surface area contributed by atoms with Gasteiger partial charge in [0.1, 0.15) is 11.8 Å². The number of aryl methyl sites for hydroxylation is 1. The average molecular weight is 325 g/mol. The zero-order valence-electron chi connectivity index (χ0n) is 13.0. The number of fused-ring (bicyclic) bond motifs is 1. The summed E-state index contributed by atoms with van der Waals surface area (Å²) in [6.45, 7) is 2.96. The van der Waals surface area contributed by atoms with Gasteiger partial charge in [-0.1, -0.05) is 17.3 Å². The number of carbonyl (C=O) groups is 1. The Hall–Kier alpha value is -2.87. The van der Waals surface area contributed by atoms with E-state index in [4.69, 9.17) is 9.26 Å². The molecule has 122 valence electrons. The molecule has 8 heteroatoms. The second-order valence-corrected chi connectivity index (χ2v) is 5.53. The van der Waals surface area contributed by atoms with Gasteiger partial charge in [-0.15, -0.1) is 0 Å². The molecular formula is C16H15N5O3. The SMILES string of the molecule is Cc1nc(C2CN(C(=O)c3cnc4ccccc4n3)CCO2)no1. The highest BCUT2D eigenvalue weighted by Crippen LogP contribution is 2.21. The Balaban J connectivity index is 1.56. The standard InChI is InChI=1S/C16H15N5O3/c1-10-18-15(20-24-10)14-9-21(6-7-23-14)16(22)13-8-17-11-4-2-3-5-12(11)19-13/h2-5,8,14H,6-7,9H2,1H3. The largest absolute Gasteiger partial charge is 0.366 e. The molecular weight excluding hydrogens is 310 g/mol. The minimum atomic E-state index is -0.395. The second-order valence-electron chi connectivity index (χ2n) is 5.53. The molecule has 8 nitrogen and oxygen atoms in total. The molecule has 0 N–H and O–H groups in total. The maximum absolute atomic E-state index is 12.7. The summed E-state index contributed by atoms with van der Waals surface area (Å²) in [4.78, 5) is 27.3. The lowest BCUT2D eigenvalue weighted by atomic mass is 10.2. The Bertz CT molecular complexity index is 894. The van der Waals surface area contributed by atoms with Crippen molar-refractivity contribution in [2.45, 2.75) is 13.0 Å². The summed E-state index contributed by atoms with van der Waals surface area (Å²) in [5.41, 5.74) is 1.77. The van der Waals surface area contributed by atoms with Crippen LogP contribution in [-0.4, -0.2) is 50.6 Å². The van der Waals surface area contributed by atoms with E-state index in [1.54, 1.807) is 11.8 Å². The molecule has 1 atom stereocenters. The fourth-order valence-electron chi connectivity index (χ4n) is 2.66. The molecule has 1 aliphatic rings. The monoisotopic (exact) mass is 325 g/mol. The first kappa shape index (κ1) is 14.7. The first-order valence-electron chi connectivity index (χ1n) is 7.63. The van der Waals surface area contributed by atoms with Gasteiger partial charge in [0, 0.05) is 13.5 Å². The van der Waals surface area contributed by atoms with Gasteiger partial charge in [0.05, 0.1) is 30.4 Å². The van der Waals surface area contributed by atoms with Gasteiger partial charge in [-0.2, -0.15) is 4.98 Å². The van der Waals surface area contributed by atoms with Crippen LogP contribution in [0.4, 0.5) is 0 Å². The zero-order chi connectivity index (χ0) is 16.5. The van der Waals surface area contributed by atoms with Crippen LogP contribution < -0.4 is 0 Å². The number of benzene rings is 1. The molecule has 24 heavy (non-hydrogen) atoms. The van der Waals surface area contributed by atoms with Crippen LogP contribution in [0.15, 0.2) is 35.0 Å². The van der Waals surface area contributed by atoms with E-state index in [0.717, 1.165) is 5.52 Å². The number of hydrogen-bond acceptors (Lipinski definition) is 7.